The number of alkyl halides is 1. The fraction of sp³-hybridized carbons (Fsp3) is 0.300. The Morgan fingerprint density at radius 1 is 1.46 bits per heavy atom. The standard InChI is InChI=1S/C10H10Br2O/c1-6-5-8(12)3-4-9(6)10(13)7(2)11/h3-5,7H,1-2H3. The summed E-state index contributed by atoms with van der Waals surface area (Å²) >= 11 is 6.63. The molecule has 1 aromatic rings. The van der Waals surface area contributed by atoms with Gasteiger partial charge in [-0.2, -0.15) is 0 Å². The van der Waals surface area contributed by atoms with E-state index in [2.05, 4.69) is 31.9 Å². The first-order valence-electron chi connectivity index (χ1n) is 3.97. The number of rotatable bonds is 2. The van der Waals surface area contributed by atoms with Gasteiger partial charge >= 0.3 is 0 Å². The van der Waals surface area contributed by atoms with Gasteiger partial charge in [-0.1, -0.05) is 31.9 Å². The van der Waals surface area contributed by atoms with E-state index in [1.165, 1.54) is 0 Å². The lowest BCUT2D eigenvalue weighted by Crippen LogP contribution is -2.11. The number of ketones is 1. The fourth-order valence-corrected chi connectivity index (χ4v) is 1.84. The van der Waals surface area contributed by atoms with Gasteiger partial charge in [0.15, 0.2) is 5.78 Å². The van der Waals surface area contributed by atoms with Gasteiger partial charge in [0.05, 0.1) is 4.83 Å². The number of carbonyl (C=O) groups excluding carboxylic acids is 1. The summed E-state index contributed by atoms with van der Waals surface area (Å²) in [6.45, 7) is 3.77. The van der Waals surface area contributed by atoms with Gasteiger partial charge in [0.2, 0.25) is 0 Å². The van der Waals surface area contributed by atoms with Crippen LogP contribution in [-0.2, 0) is 0 Å². The molecule has 1 aromatic carbocycles. The van der Waals surface area contributed by atoms with Crippen molar-refractivity contribution in [3.63, 3.8) is 0 Å². The SMILES string of the molecule is Cc1cc(Br)ccc1C(=O)C(C)Br. The first-order valence-corrected chi connectivity index (χ1v) is 5.67. The van der Waals surface area contributed by atoms with Gasteiger partial charge in [-0.25, -0.2) is 0 Å². The molecule has 3 heteroatoms. The highest BCUT2D eigenvalue weighted by Crippen LogP contribution is 2.18. The second-order valence-electron chi connectivity index (χ2n) is 2.94. The summed E-state index contributed by atoms with van der Waals surface area (Å²) in [6.07, 6.45) is 0. The van der Waals surface area contributed by atoms with Gasteiger partial charge in [-0.05, 0) is 37.6 Å². The van der Waals surface area contributed by atoms with Crippen molar-refractivity contribution in [2.24, 2.45) is 0 Å². The van der Waals surface area contributed by atoms with E-state index in [1.807, 2.05) is 32.0 Å². The van der Waals surface area contributed by atoms with E-state index in [1.54, 1.807) is 0 Å². The molecule has 0 saturated heterocycles. The van der Waals surface area contributed by atoms with Crippen molar-refractivity contribution in [1.29, 1.82) is 0 Å². The number of benzene rings is 1. The van der Waals surface area contributed by atoms with E-state index >= 15 is 0 Å². The van der Waals surface area contributed by atoms with E-state index in [0.717, 1.165) is 15.6 Å². The van der Waals surface area contributed by atoms with E-state index in [0.29, 0.717) is 0 Å². The highest BCUT2D eigenvalue weighted by Gasteiger charge is 2.13. The third kappa shape index (κ3) is 2.64. The van der Waals surface area contributed by atoms with Crippen molar-refractivity contribution in [3.05, 3.63) is 33.8 Å². The molecule has 0 heterocycles. The molecule has 0 saturated carbocycles. The van der Waals surface area contributed by atoms with E-state index < -0.39 is 0 Å². The highest BCUT2D eigenvalue weighted by atomic mass is 79.9. The molecule has 1 rings (SSSR count). The molecular weight excluding hydrogens is 296 g/mol. The van der Waals surface area contributed by atoms with Crippen molar-refractivity contribution < 1.29 is 4.79 Å². The van der Waals surface area contributed by atoms with Gasteiger partial charge in [0.25, 0.3) is 0 Å². The van der Waals surface area contributed by atoms with E-state index in [9.17, 15) is 4.79 Å². The molecule has 0 bridgehead atoms. The maximum atomic E-state index is 11.6. The number of carbonyl (C=O) groups is 1. The third-order valence-electron chi connectivity index (χ3n) is 1.82. The lowest BCUT2D eigenvalue weighted by Gasteiger charge is -2.06. The van der Waals surface area contributed by atoms with Crippen LogP contribution in [0.4, 0.5) is 0 Å². The average Bonchev–Trinajstić information content (AvgIpc) is 2.03. The summed E-state index contributed by atoms with van der Waals surface area (Å²) in [7, 11) is 0. The second kappa shape index (κ2) is 4.38. The van der Waals surface area contributed by atoms with Crippen molar-refractivity contribution in [2.45, 2.75) is 18.7 Å². The van der Waals surface area contributed by atoms with Crippen molar-refractivity contribution in [1.82, 2.24) is 0 Å². The zero-order chi connectivity index (χ0) is 10.0. The number of Topliss-reactive ketones (excluding diaryl/α,β-unsaturated/α-hetero) is 1. The molecule has 1 unspecified atom stereocenters. The molecule has 13 heavy (non-hydrogen) atoms. The molecule has 0 radical (unpaired) electrons. The Labute approximate surface area is 94.8 Å². The van der Waals surface area contributed by atoms with E-state index in [-0.39, 0.29) is 10.6 Å². The van der Waals surface area contributed by atoms with Gasteiger partial charge in [-0.3, -0.25) is 4.79 Å². The van der Waals surface area contributed by atoms with Gasteiger partial charge in [-0.15, -0.1) is 0 Å². The number of hydrogen-bond acceptors (Lipinski definition) is 1. The first kappa shape index (κ1) is 10.9. The predicted molar refractivity (Wildman–Crippen MR) is 61.6 cm³/mol. The maximum absolute atomic E-state index is 11.6. The van der Waals surface area contributed by atoms with Crippen LogP contribution in [0.5, 0.6) is 0 Å². The Balaban J connectivity index is 3.09. The minimum Gasteiger partial charge on any atom is -0.293 e. The van der Waals surface area contributed by atoms with Crippen LogP contribution in [0.1, 0.15) is 22.8 Å². The molecule has 0 aromatic heterocycles. The van der Waals surface area contributed by atoms with Gasteiger partial charge in [0.1, 0.15) is 0 Å². The maximum Gasteiger partial charge on any atom is 0.176 e. The molecule has 0 fully saturated rings. The Bertz CT molecular complexity index is 332. The minimum absolute atomic E-state index is 0.118. The quantitative estimate of drug-likeness (QED) is 0.601. The summed E-state index contributed by atoms with van der Waals surface area (Å²) in [5, 5.41) is 0. The Morgan fingerprint density at radius 3 is 2.54 bits per heavy atom. The molecule has 0 spiro atoms. The van der Waals surface area contributed by atoms with Crippen LogP contribution in [0, 0.1) is 6.92 Å². The normalized spacial score (nSPS) is 12.6. The molecule has 0 aliphatic carbocycles. The topological polar surface area (TPSA) is 17.1 Å². The Hall–Kier alpha value is -0.150. The highest BCUT2D eigenvalue weighted by molar-refractivity contribution is 9.10. The zero-order valence-electron chi connectivity index (χ0n) is 7.47. The smallest absolute Gasteiger partial charge is 0.176 e. The summed E-state index contributed by atoms with van der Waals surface area (Å²) in [5.74, 6) is 0.130. The average molecular weight is 306 g/mol. The van der Waals surface area contributed by atoms with Crippen molar-refractivity contribution >= 4 is 37.6 Å². The second-order valence-corrected chi connectivity index (χ2v) is 5.23. The van der Waals surface area contributed by atoms with Crippen LogP contribution in [0.15, 0.2) is 22.7 Å². The minimum atomic E-state index is -0.118. The molecule has 1 nitrogen and oxygen atoms in total. The first-order chi connectivity index (χ1) is 6.02. The van der Waals surface area contributed by atoms with Gasteiger partial charge < -0.3 is 0 Å². The van der Waals surface area contributed by atoms with Gasteiger partial charge in [0, 0.05) is 10.0 Å². The number of halogens is 2. The van der Waals surface area contributed by atoms with E-state index in [4.69, 9.17) is 0 Å². The van der Waals surface area contributed by atoms with Crippen LogP contribution in [0.2, 0.25) is 0 Å². The Kier molecular flexibility index (Phi) is 3.68. The molecule has 70 valence electrons. The molecule has 0 amide bonds. The fourth-order valence-electron chi connectivity index (χ4n) is 1.12. The number of hydrogen-bond donors (Lipinski definition) is 0. The third-order valence-corrected chi connectivity index (χ3v) is 2.72. The summed E-state index contributed by atoms with van der Waals surface area (Å²) in [5.41, 5.74) is 1.79. The van der Waals surface area contributed by atoms with Crippen LogP contribution < -0.4 is 0 Å². The molecule has 0 N–H and O–H groups in total. The predicted octanol–water partition coefficient (Wildman–Crippen LogP) is 3.72. The summed E-state index contributed by atoms with van der Waals surface area (Å²) in [4.78, 5) is 11.5. The lowest BCUT2D eigenvalue weighted by molar-refractivity contribution is 0.0995. The van der Waals surface area contributed by atoms with Crippen LogP contribution in [0.25, 0.3) is 0 Å². The zero-order valence-corrected chi connectivity index (χ0v) is 10.6. The number of aryl methyl sites for hydroxylation is 1. The largest absolute Gasteiger partial charge is 0.293 e. The summed E-state index contributed by atoms with van der Waals surface area (Å²) in [6, 6.07) is 5.68. The van der Waals surface area contributed by atoms with Crippen LogP contribution in [0.3, 0.4) is 0 Å². The van der Waals surface area contributed by atoms with Crippen LogP contribution >= 0.6 is 31.9 Å². The molecule has 1 atom stereocenters. The Morgan fingerprint density at radius 2 is 2.08 bits per heavy atom. The molecular formula is C10H10Br2O. The molecule has 0 aliphatic rings. The lowest BCUT2D eigenvalue weighted by atomic mass is 10.0. The molecule has 0 aliphatic heterocycles. The summed E-state index contributed by atoms with van der Waals surface area (Å²) < 4.78 is 1.00. The van der Waals surface area contributed by atoms with Crippen molar-refractivity contribution in [2.75, 3.05) is 0 Å². The van der Waals surface area contributed by atoms with Crippen molar-refractivity contribution in [3.8, 4) is 0 Å². The van der Waals surface area contributed by atoms with Crippen LogP contribution in [-0.4, -0.2) is 10.6 Å². The monoisotopic (exact) mass is 304 g/mol.